The molecule has 1 aliphatic carbocycles. The molecule has 1 amide bonds. The lowest BCUT2D eigenvalue weighted by molar-refractivity contribution is -0.118. The van der Waals surface area contributed by atoms with Gasteiger partial charge in [0.05, 0.1) is 0 Å². The highest BCUT2D eigenvalue weighted by Crippen LogP contribution is 2.18. The highest BCUT2D eigenvalue weighted by Gasteiger charge is 2.20. The third-order valence-corrected chi connectivity index (χ3v) is 2.92. The lowest BCUT2D eigenvalue weighted by atomic mass is 10.2. The molecule has 4 heteroatoms. The van der Waals surface area contributed by atoms with E-state index in [9.17, 15) is 9.18 Å². The van der Waals surface area contributed by atoms with Crippen LogP contribution in [0.25, 0.3) is 0 Å². The van der Waals surface area contributed by atoms with Gasteiger partial charge in [0.2, 0.25) is 5.91 Å². The van der Waals surface area contributed by atoms with E-state index in [0.29, 0.717) is 24.7 Å². The Balaban J connectivity index is 1.84. The van der Waals surface area contributed by atoms with Gasteiger partial charge in [0.15, 0.2) is 0 Å². The first-order valence-corrected chi connectivity index (χ1v) is 5.92. The molecule has 1 aromatic carbocycles. The maximum Gasteiger partial charge on any atom is 0.227 e. The fraction of sp³-hybridized carbons (Fsp3) is 0.462. The average Bonchev–Trinajstić information content (AvgIpc) is 3.12. The second kappa shape index (κ2) is 5.27. The second-order valence-corrected chi connectivity index (χ2v) is 4.41. The Kier molecular flexibility index (Phi) is 3.74. The van der Waals surface area contributed by atoms with E-state index in [1.807, 2.05) is 0 Å². The summed E-state index contributed by atoms with van der Waals surface area (Å²) in [6, 6.07) is 6.69. The first-order chi connectivity index (χ1) is 8.16. The molecule has 17 heavy (non-hydrogen) atoms. The predicted molar refractivity (Wildman–Crippen MR) is 65.5 cm³/mol. The molecule has 92 valence electrons. The molecular weight excluding hydrogens is 219 g/mol. The van der Waals surface area contributed by atoms with Crippen LogP contribution in [0.2, 0.25) is 0 Å². The molecule has 1 saturated carbocycles. The molecule has 1 fully saturated rings. The molecule has 0 saturated heterocycles. The van der Waals surface area contributed by atoms with Crippen LogP contribution in [0.3, 0.4) is 0 Å². The number of hydrogen-bond acceptors (Lipinski definition) is 2. The van der Waals surface area contributed by atoms with Gasteiger partial charge in [0, 0.05) is 31.7 Å². The van der Waals surface area contributed by atoms with Crippen molar-refractivity contribution in [2.45, 2.75) is 25.3 Å². The minimum atomic E-state index is -0.321. The van der Waals surface area contributed by atoms with Crippen molar-refractivity contribution in [3.8, 4) is 0 Å². The number of rotatable bonds is 5. The van der Waals surface area contributed by atoms with Gasteiger partial charge < -0.3 is 10.2 Å². The van der Waals surface area contributed by atoms with Gasteiger partial charge in [-0.2, -0.15) is 0 Å². The molecule has 0 unspecified atom stereocenters. The lowest BCUT2D eigenvalue weighted by Gasteiger charge is -2.17. The van der Waals surface area contributed by atoms with Crippen molar-refractivity contribution in [3.63, 3.8) is 0 Å². The standard InChI is InChI=1S/C13H17FN2O/c1-16(12-4-2-3-10(14)9-12)13(17)7-8-15-11-5-6-11/h2-4,9,11,15H,5-8H2,1H3. The minimum Gasteiger partial charge on any atom is -0.315 e. The van der Waals surface area contributed by atoms with Crippen molar-refractivity contribution in [2.75, 3.05) is 18.5 Å². The summed E-state index contributed by atoms with van der Waals surface area (Å²) in [5.41, 5.74) is 0.599. The van der Waals surface area contributed by atoms with Crippen LogP contribution in [0.5, 0.6) is 0 Å². The second-order valence-electron chi connectivity index (χ2n) is 4.41. The number of benzene rings is 1. The zero-order valence-corrected chi connectivity index (χ0v) is 9.95. The summed E-state index contributed by atoms with van der Waals surface area (Å²) in [7, 11) is 1.67. The Morgan fingerprint density at radius 1 is 1.53 bits per heavy atom. The third-order valence-electron chi connectivity index (χ3n) is 2.92. The average molecular weight is 236 g/mol. The van der Waals surface area contributed by atoms with E-state index in [1.54, 1.807) is 19.2 Å². The number of anilines is 1. The fourth-order valence-electron chi connectivity index (χ4n) is 1.67. The maximum absolute atomic E-state index is 13.0. The molecule has 2 rings (SSSR count). The van der Waals surface area contributed by atoms with Gasteiger partial charge in [0.25, 0.3) is 0 Å². The molecule has 0 bridgehead atoms. The molecule has 0 heterocycles. The summed E-state index contributed by atoms with van der Waals surface area (Å²) in [4.78, 5) is 13.3. The van der Waals surface area contributed by atoms with Crippen molar-refractivity contribution in [2.24, 2.45) is 0 Å². The monoisotopic (exact) mass is 236 g/mol. The Hall–Kier alpha value is -1.42. The normalized spacial score (nSPS) is 14.7. The molecular formula is C13H17FN2O. The number of carbonyl (C=O) groups excluding carboxylic acids is 1. The molecule has 0 aliphatic heterocycles. The van der Waals surface area contributed by atoms with Crippen LogP contribution >= 0.6 is 0 Å². The van der Waals surface area contributed by atoms with Gasteiger partial charge in [-0.1, -0.05) is 6.07 Å². The molecule has 3 nitrogen and oxygen atoms in total. The van der Waals surface area contributed by atoms with Crippen molar-refractivity contribution in [1.82, 2.24) is 5.32 Å². The summed E-state index contributed by atoms with van der Waals surface area (Å²) in [6.45, 7) is 0.698. The van der Waals surface area contributed by atoms with Gasteiger partial charge in [-0.3, -0.25) is 4.79 Å². The number of amides is 1. The van der Waals surface area contributed by atoms with Crippen LogP contribution in [-0.2, 0) is 4.79 Å². The van der Waals surface area contributed by atoms with E-state index in [1.165, 1.54) is 29.9 Å². The van der Waals surface area contributed by atoms with Crippen molar-refractivity contribution >= 4 is 11.6 Å². The zero-order valence-electron chi connectivity index (χ0n) is 9.95. The largest absolute Gasteiger partial charge is 0.315 e. The summed E-state index contributed by atoms with van der Waals surface area (Å²) in [5, 5.41) is 3.28. The van der Waals surface area contributed by atoms with Crippen LogP contribution in [-0.4, -0.2) is 25.5 Å². The number of carbonyl (C=O) groups is 1. The van der Waals surface area contributed by atoms with Crippen LogP contribution in [0.1, 0.15) is 19.3 Å². The molecule has 1 aromatic rings. The minimum absolute atomic E-state index is 0.00347. The molecule has 0 atom stereocenters. The molecule has 1 N–H and O–H groups in total. The molecule has 0 aromatic heterocycles. The first-order valence-electron chi connectivity index (χ1n) is 5.92. The summed E-state index contributed by atoms with van der Waals surface area (Å²) in [6.07, 6.45) is 2.88. The number of halogens is 1. The van der Waals surface area contributed by atoms with Crippen LogP contribution in [0, 0.1) is 5.82 Å². The predicted octanol–water partition coefficient (Wildman–Crippen LogP) is 1.93. The van der Waals surface area contributed by atoms with Gasteiger partial charge in [0.1, 0.15) is 5.82 Å². The van der Waals surface area contributed by atoms with Crippen LogP contribution in [0.15, 0.2) is 24.3 Å². The van der Waals surface area contributed by atoms with Crippen molar-refractivity contribution in [1.29, 1.82) is 0 Å². The Labute approximate surface area is 101 Å². The fourth-order valence-corrected chi connectivity index (χ4v) is 1.67. The summed E-state index contributed by atoms with van der Waals surface area (Å²) >= 11 is 0. The maximum atomic E-state index is 13.0. The zero-order chi connectivity index (χ0) is 12.3. The smallest absolute Gasteiger partial charge is 0.227 e. The highest BCUT2D eigenvalue weighted by atomic mass is 19.1. The van der Waals surface area contributed by atoms with Crippen molar-refractivity contribution < 1.29 is 9.18 Å². The van der Waals surface area contributed by atoms with Crippen molar-refractivity contribution in [3.05, 3.63) is 30.1 Å². The summed E-state index contributed by atoms with van der Waals surface area (Å²) < 4.78 is 13.0. The summed E-state index contributed by atoms with van der Waals surface area (Å²) in [5.74, 6) is -0.318. The van der Waals surface area contributed by atoms with E-state index >= 15 is 0 Å². The van der Waals surface area contributed by atoms with Gasteiger partial charge in [-0.25, -0.2) is 4.39 Å². The van der Waals surface area contributed by atoms with E-state index in [0.717, 1.165) is 0 Å². The molecule has 0 spiro atoms. The van der Waals surface area contributed by atoms with E-state index in [4.69, 9.17) is 0 Å². The number of nitrogens with one attached hydrogen (secondary N) is 1. The number of nitrogens with zero attached hydrogens (tertiary/aromatic N) is 1. The highest BCUT2D eigenvalue weighted by molar-refractivity contribution is 5.92. The number of hydrogen-bond donors (Lipinski definition) is 1. The van der Waals surface area contributed by atoms with E-state index in [2.05, 4.69) is 5.32 Å². The third kappa shape index (κ3) is 3.53. The van der Waals surface area contributed by atoms with Crippen LogP contribution < -0.4 is 10.2 Å². The Morgan fingerprint density at radius 3 is 2.94 bits per heavy atom. The van der Waals surface area contributed by atoms with Crippen LogP contribution in [0.4, 0.5) is 10.1 Å². The first kappa shape index (κ1) is 12.0. The lowest BCUT2D eigenvalue weighted by Crippen LogP contribution is -2.30. The Bertz CT molecular complexity index is 404. The van der Waals surface area contributed by atoms with E-state index in [-0.39, 0.29) is 11.7 Å². The quantitative estimate of drug-likeness (QED) is 0.847. The molecule has 1 aliphatic rings. The SMILES string of the molecule is CN(C(=O)CCNC1CC1)c1cccc(F)c1. The van der Waals surface area contributed by atoms with Gasteiger partial charge in [-0.05, 0) is 31.0 Å². The topological polar surface area (TPSA) is 32.3 Å². The van der Waals surface area contributed by atoms with E-state index < -0.39 is 0 Å². The molecule has 0 radical (unpaired) electrons. The Morgan fingerprint density at radius 2 is 2.29 bits per heavy atom. The van der Waals surface area contributed by atoms with Gasteiger partial charge in [-0.15, -0.1) is 0 Å². The van der Waals surface area contributed by atoms with Gasteiger partial charge >= 0.3 is 0 Å².